The second kappa shape index (κ2) is 4.60. The van der Waals surface area contributed by atoms with E-state index in [-0.39, 0.29) is 0 Å². The maximum Gasteiger partial charge on any atom is 0.0724 e. The van der Waals surface area contributed by atoms with Crippen LogP contribution in [0.4, 0.5) is 0 Å². The Bertz CT molecular complexity index is 180. The van der Waals surface area contributed by atoms with Crippen molar-refractivity contribution in [2.45, 2.75) is 32.4 Å². The van der Waals surface area contributed by atoms with E-state index in [0.29, 0.717) is 12.0 Å². The standard InChI is InChI=1S/C11H22N2O/c1-9(2)11-8-13(4-3-5-14-11)10-6-12-7-10/h9-12H,3-8H2,1-2H3. The molecule has 0 saturated carbocycles. The number of hydrogen-bond donors (Lipinski definition) is 1. The van der Waals surface area contributed by atoms with Crippen LogP contribution in [0.5, 0.6) is 0 Å². The Hall–Kier alpha value is -0.120. The smallest absolute Gasteiger partial charge is 0.0724 e. The van der Waals surface area contributed by atoms with Crippen molar-refractivity contribution in [3.05, 3.63) is 0 Å². The zero-order valence-electron chi connectivity index (χ0n) is 9.33. The summed E-state index contributed by atoms with van der Waals surface area (Å²) in [5, 5.41) is 3.34. The number of nitrogens with zero attached hydrogens (tertiary/aromatic N) is 1. The van der Waals surface area contributed by atoms with Gasteiger partial charge in [-0.2, -0.15) is 0 Å². The van der Waals surface area contributed by atoms with Gasteiger partial charge in [0.2, 0.25) is 0 Å². The van der Waals surface area contributed by atoms with Crippen molar-refractivity contribution in [1.82, 2.24) is 10.2 Å². The first-order valence-corrected chi connectivity index (χ1v) is 5.83. The lowest BCUT2D eigenvalue weighted by Gasteiger charge is -2.39. The van der Waals surface area contributed by atoms with E-state index in [1.165, 1.54) is 26.1 Å². The van der Waals surface area contributed by atoms with Gasteiger partial charge in [0.1, 0.15) is 0 Å². The van der Waals surface area contributed by atoms with Gasteiger partial charge in [-0.1, -0.05) is 13.8 Å². The highest BCUT2D eigenvalue weighted by molar-refractivity contribution is 4.87. The molecule has 0 spiro atoms. The molecule has 82 valence electrons. The van der Waals surface area contributed by atoms with Gasteiger partial charge in [-0.3, -0.25) is 4.90 Å². The molecule has 2 fully saturated rings. The van der Waals surface area contributed by atoms with E-state index in [2.05, 4.69) is 24.1 Å². The van der Waals surface area contributed by atoms with Crippen molar-refractivity contribution in [3.8, 4) is 0 Å². The Morgan fingerprint density at radius 3 is 2.71 bits per heavy atom. The lowest BCUT2D eigenvalue weighted by molar-refractivity contribution is 0.0135. The Morgan fingerprint density at radius 2 is 2.14 bits per heavy atom. The quantitative estimate of drug-likeness (QED) is 0.707. The molecule has 3 heteroatoms. The van der Waals surface area contributed by atoms with E-state index >= 15 is 0 Å². The lowest BCUT2D eigenvalue weighted by atomic mass is 10.0. The fraction of sp³-hybridized carbons (Fsp3) is 1.00. The summed E-state index contributed by atoms with van der Waals surface area (Å²) < 4.78 is 5.85. The van der Waals surface area contributed by atoms with Crippen LogP contribution in [0.3, 0.4) is 0 Å². The predicted octanol–water partition coefficient (Wildman–Crippen LogP) is 0.705. The summed E-state index contributed by atoms with van der Waals surface area (Å²) in [5.41, 5.74) is 0. The van der Waals surface area contributed by atoms with E-state index in [1.807, 2.05) is 0 Å². The molecular formula is C11H22N2O. The maximum atomic E-state index is 5.85. The molecule has 14 heavy (non-hydrogen) atoms. The maximum absolute atomic E-state index is 5.85. The first kappa shape index (κ1) is 10.4. The first-order valence-electron chi connectivity index (χ1n) is 5.83. The first-order chi connectivity index (χ1) is 6.77. The molecule has 2 saturated heterocycles. The summed E-state index contributed by atoms with van der Waals surface area (Å²) >= 11 is 0. The zero-order valence-corrected chi connectivity index (χ0v) is 9.33. The van der Waals surface area contributed by atoms with Gasteiger partial charge in [-0.25, -0.2) is 0 Å². The largest absolute Gasteiger partial charge is 0.377 e. The van der Waals surface area contributed by atoms with Crippen LogP contribution in [0.2, 0.25) is 0 Å². The molecule has 0 aromatic rings. The highest BCUT2D eigenvalue weighted by atomic mass is 16.5. The zero-order chi connectivity index (χ0) is 9.97. The molecule has 2 aliphatic rings. The van der Waals surface area contributed by atoms with Gasteiger partial charge in [-0.15, -0.1) is 0 Å². The molecule has 0 aromatic carbocycles. The minimum Gasteiger partial charge on any atom is -0.377 e. The summed E-state index contributed by atoms with van der Waals surface area (Å²) in [6.45, 7) is 10.1. The van der Waals surface area contributed by atoms with Gasteiger partial charge < -0.3 is 10.1 Å². The van der Waals surface area contributed by atoms with E-state index in [0.717, 1.165) is 19.2 Å². The van der Waals surface area contributed by atoms with Crippen LogP contribution in [-0.2, 0) is 4.74 Å². The van der Waals surface area contributed by atoms with Crippen molar-refractivity contribution in [2.75, 3.05) is 32.8 Å². The number of nitrogens with one attached hydrogen (secondary N) is 1. The summed E-state index contributed by atoms with van der Waals surface area (Å²) in [7, 11) is 0. The van der Waals surface area contributed by atoms with Gasteiger partial charge in [0.25, 0.3) is 0 Å². The van der Waals surface area contributed by atoms with Gasteiger partial charge in [0.05, 0.1) is 6.10 Å². The molecule has 3 nitrogen and oxygen atoms in total. The summed E-state index contributed by atoms with van der Waals surface area (Å²) in [6, 6.07) is 0.776. The van der Waals surface area contributed by atoms with E-state index in [4.69, 9.17) is 4.74 Å². The second-order valence-corrected chi connectivity index (χ2v) is 4.81. The van der Waals surface area contributed by atoms with Crippen molar-refractivity contribution in [3.63, 3.8) is 0 Å². The van der Waals surface area contributed by atoms with Crippen molar-refractivity contribution < 1.29 is 4.74 Å². The van der Waals surface area contributed by atoms with Crippen molar-refractivity contribution >= 4 is 0 Å². The molecule has 0 radical (unpaired) electrons. The Morgan fingerprint density at radius 1 is 1.36 bits per heavy atom. The minimum atomic E-state index is 0.443. The minimum absolute atomic E-state index is 0.443. The van der Waals surface area contributed by atoms with Gasteiger partial charge in [0.15, 0.2) is 0 Å². The number of rotatable bonds is 2. The molecule has 2 heterocycles. The van der Waals surface area contributed by atoms with Crippen molar-refractivity contribution in [1.29, 1.82) is 0 Å². The molecular weight excluding hydrogens is 176 g/mol. The Kier molecular flexibility index (Phi) is 3.42. The summed E-state index contributed by atoms with van der Waals surface area (Å²) in [5.74, 6) is 0.642. The fourth-order valence-electron chi connectivity index (χ4n) is 2.14. The van der Waals surface area contributed by atoms with Crippen LogP contribution in [0.1, 0.15) is 20.3 Å². The molecule has 1 N–H and O–H groups in total. The fourth-order valence-corrected chi connectivity index (χ4v) is 2.14. The van der Waals surface area contributed by atoms with E-state index < -0.39 is 0 Å². The van der Waals surface area contributed by atoms with Crippen LogP contribution in [-0.4, -0.2) is 49.8 Å². The molecule has 0 amide bonds. The highest BCUT2D eigenvalue weighted by Crippen LogP contribution is 2.16. The van der Waals surface area contributed by atoms with E-state index in [9.17, 15) is 0 Å². The third-order valence-corrected chi connectivity index (χ3v) is 3.36. The third kappa shape index (κ3) is 2.27. The number of hydrogen-bond acceptors (Lipinski definition) is 3. The van der Waals surface area contributed by atoms with Gasteiger partial charge in [-0.05, 0) is 12.3 Å². The van der Waals surface area contributed by atoms with Crippen LogP contribution in [0, 0.1) is 5.92 Å². The Balaban J connectivity index is 1.89. The lowest BCUT2D eigenvalue weighted by Crippen LogP contribution is -2.58. The topological polar surface area (TPSA) is 24.5 Å². The van der Waals surface area contributed by atoms with Gasteiger partial charge in [0, 0.05) is 38.8 Å². The molecule has 0 aliphatic carbocycles. The van der Waals surface area contributed by atoms with Crippen LogP contribution < -0.4 is 5.32 Å². The average molecular weight is 198 g/mol. The predicted molar refractivity (Wildman–Crippen MR) is 57.4 cm³/mol. The van der Waals surface area contributed by atoms with Crippen LogP contribution in [0.15, 0.2) is 0 Å². The number of ether oxygens (including phenoxy) is 1. The molecule has 2 rings (SSSR count). The molecule has 0 bridgehead atoms. The normalized spacial score (nSPS) is 31.5. The molecule has 1 atom stereocenters. The Labute approximate surface area is 86.8 Å². The van der Waals surface area contributed by atoms with Gasteiger partial charge >= 0.3 is 0 Å². The van der Waals surface area contributed by atoms with Crippen LogP contribution >= 0.6 is 0 Å². The van der Waals surface area contributed by atoms with E-state index in [1.54, 1.807) is 0 Å². The average Bonchev–Trinajstić information content (AvgIpc) is 2.26. The second-order valence-electron chi connectivity index (χ2n) is 4.81. The summed E-state index contributed by atoms with van der Waals surface area (Å²) in [6.07, 6.45) is 1.64. The van der Waals surface area contributed by atoms with Crippen molar-refractivity contribution in [2.24, 2.45) is 5.92 Å². The molecule has 1 unspecified atom stereocenters. The molecule has 2 aliphatic heterocycles. The van der Waals surface area contributed by atoms with Crippen LogP contribution in [0.25, 0.3) is 0 Å². The highest BCUT2D eigenvalue weighted by Gasteiger charge is 2.29. The third-order valence-electron chi connectivity index (χ3n) is 3.36. The summed E-state index contributed by atoms with van der Waals surface area (Å²) in [4.78, 5) is 2.61. The monoisotopic (exact) mass is 198 g/mol. The molecule has 0 aromatic heterocycles. The SMILES string of the molecule is CC(C)C1CN(C2CNC2)CCCO1.